The monoisotopic (exact) mass is 1060 g/mol. The molecule has 6 aromatic rings. The summed E-state index contributed by atoms with van der Waals surface area (Å²) in [5.41, 5.74) is 8.17. The Hall–Kier alpha value is -6.83. The number of carbonyl (C=O) groups excluding carboxylic acids is 4. The number of carbonyl (C=O) groups is 4. The molecule has 3 aromatic heterocycles. The van der Waals surface area contributed by atoms with Gasteiger partial charge in [-0.25, -0.2) is 19.3 Å². The quantitative estimate of drug-likeness (QED) is 0.0389. The lowest BCUT2D eigenvalue weighted by Gasteiger charge is -2.35. The van der Waals surface area contributed by atoms with Crippen LogP contribution >= 0.6 is 11.3 Å². The molecule has 3 aromatic carbocycles. The third-order valence-electron chi connectivity index (χ3n) is 14.3. The van der Waals surface area contributed by atoms with Gasteiger partial charge in [0.2, 0.25) is 23.6 Å². The second-order valence-corrected chi connectivity index (χ2v) is 21.9. The lowest BCUT2D eigenvalue weighted by atomic mass is 9.85. The number of aromatic nitrogens is 5. The molecule has 0 saturated carbocycles. The third-order valence-corrected chi connectivity index (χ3v) is 15.3. The highest BCUT2D eigenvalue weighted by molar-refractivity contribution is 7.13. The predicted octanol–water partition coefficient (Wildman–Crippen LogP) is 7.82. The number of unbranched alkanes of at least 4 members (excludes halogenated alkanes) is 7. The number of methoxy groups -OCH3 is 1. The lowest BCUT2D eigenvalue weighted by Crippen LogP contribution is -2.57. The highest BCUT2D eigenvalue weighted by Crippen LogP contribution is 2.34. The number of aryl methyl sites for hydroxylation is 1. The third kappa shape index (κ3) is 14.1. The van der Waals surface area contributed by atoms with Gasteiger partial charge in [0.05, 0.1) is 47.6 Å². The minimum atomic E-state index is -0.853. The summed E-state index contributed by atoms with van der Waals surface area (Å²) in [6, 6.07) is 19.0. The maximum Gasteiger partial charge on any atom is 0.246 e. The molecule has 1 unspecified atom stereocenters. The minimum Gasteiger partial charge on any atom is -0.496 e. The zero-order chi connectivity index (χ0) is 53.8. The van der Waals surface area contributed by atoms with E-state index < -0.39 is 29.4 Å². The number of β-amino-alcohol motifs (C(OH)–C–C–N with tert-alkyl or cyclic N) is 1. The number of anilines is 1. The van der Waals surface area contributed by atoms with Crippen molar-refractivity contribution in [2.75, 3.05) is 57.8 Å². The Labute approximate surface area is 448 Å². The fourth-order valence-corrected chi connectivity index (χ4v) is 10.8. The van der Waals surface area contributed by atoms with Gasteiger partial charge in [0.25, 0.3) is 0 Å². The van der Waals surface area contributed by atoms with Crippen LogP contribution in [0.2, 0.25) is 0 Å². The van der Waals surface area contributed by atoms with Crippen molar-refractivity contribution in [3.63, 3.8) is 0 Å². The number of fused-ring (bicyclic) bond motifs is 1. The number of thiazole rings is 1. The molecule has 5 N–H and O–H groups in total. The topological polar surface area (TPSA) is 211 Å². The summed E-state index contributed by atoms with van der Waals surface area (Å²) in [5, 5.41) is 27.1. The smallest absolute Gasteiger partial charge is 0.246 e. The summed E-state index contributed by atoms with van der Waals surface area (Å²) in [5.74, 6) is -0.748. The van der Waals surface area contributed by atoms with Gasteiger partial charge in [0.15, 0.2) is 5.82 Å². The van der Waals surface area contributed by atoms with Crippen molar-refractivity contribution in [2.45, 2.75) is 117 Å². The van der Waals surface area contributed by atoms with Crippen LogP contribution in [-0.2, 0) is 25.7 Å². The maximum atomic E-state index is 14.8. The number of piperazine rings is 1. The highest BCUT2D eigenvalue weighted by atomic mass is 32.1. The number of ether oxygens (including phenoxy) is 1. The molecule has 0 aliphatic carbocycles. The molecule has 4 amide bonds. The van der Waals surface area contributed by atoms with Crippen molar-refractivity contribution in [3.8, 4) is 38.8 Å². The van der Waals surface area contributed by atoms with Gasteiger partial charge in [-0.2, -0.15) is 5.10 Å². The number of nitrogens with one attached hydrogen (secondary N) is 4. The Kier molecular flexibility index (Phi) is 18.8. The van der Waals surface area contributed by atoms with E-state index in [4.69, 9.17) is 4.74 Å². The zero-order valence-corrected chi connectivity index (χ0v) is 45.2. The lowest BCUT2D eigenvalue weighted by molar-refractivity contribution is -0.144. The van der Waals surface area contributed by atoms with Gasteiger partial charge in [0.1, 0.15) is 40.4 Å². The van der Waals surface area contributed by atoms with Crippen LogP contribution in [0.5, 0.6) is 5.75 Å². The molecule has 2 aliphatic heterocycles. The maximum absolute atomic E-state index is 14.8. The second-order valence-electron chi connectivity index (χ2n) is 21.0. The molecular weight excluding hydrogens is 986 g/mol. The summed E-state index contributed by atoms with van der Waals surface area (Å²) in [4.78, 5) is 73.9. The highest BCUT2D eigenvalue weighted by Gasteiger charge is 2.44. The number of halogens is 1. The van der Waals surface area contributed by atoms with Crippen molar-refractivity contribution in [1.82, 2.24) is 50.9 Å². The molecule has 0 bridgehead atoms. The molecule has 3 atom stereocenters. The van der Waals surface area contributed by atoms with E-state index in [1.807, 2.05) is 69.6 Å². The fraction of sp³-hybridized carbons (Fsp3) is 0.474. The molecule has 2 saturated heterocycles. The van der Waals surface area contributed by atoms with E-state index in [0.717, 1.165) is 104 Å². The molecule has 2 fully saturated rings. The van der Waals surface area contributed by atoms with E-state index in [1.165, 1.54) is 18.1 Å². The Morgan fingerprint density at radius 2 is 1.57 bits per heavy atom. The van der Waals surface area contributed by atoms with Gasteiger partial charge in [-0.15, -0.1) is 11.3 Å². The van der Waals surface area contributed by atoms with Gasteiger partial charge in [-0.3, -0.25) is 29.2 Å². The van der Waals surface area contributed by atoms with Crippen LogP contribution < -0.4 is 25.6 Å². The molecule has 17 nitrogen and oxygen atoms in total. The van der Waals surface area contributed by atoms with E-state index in [-0.39, 0.29) is 54.5 Å². The number of amides is 4. The molecular formula is C57H72FN11O6S. The summed E-state index contributed by atoms with van der Waals surface area (Å²) < 4.78 is 20.2. The average Bonchev–Trinajstić information content (AvgIpc) is 4.16. The van der Waals surface area contributed by atoms with Crippen LogP contribution in [0.3, 0.4) is 0 Å². The fourth-order valence-electron chi connectivity index (χ4n) is 9.99. The normalized spacial score (nSPS) is 16.5. The van der Waals surface area contributed by atoms with Crippen LogP contribution in [0.4, 0.5) is 10.1 Å². The van der Waals surface area contributed by atoms with Crippen LogP contribution in [-0.4, -0.2) is 135 Å². The first-order valence-corrected chi connectivity index (χ1v) is 27.5. The number of hydrogen-bond acceptors (Lipinski definition) is 13. The van der Waals surface area contributed by atoms with Crippen molar-refractivity contribution in [3.05, 3.63) is 95.5 Å². The van der Waals surface area contributed by atoms with E-state index >= 15 is 0 Å². The number of aliphatic hydroxyl groups is 1. The number of H-pyrrole nitrogens is 1. The number of nitrogens with zero attached hydrogens (tertiary/aromatic N) is 7. The van der Waals surface area contributed by atoms with Crippen LogP contribution in [0.1, 0.15) is 96.2 Å². The summed E-state index contributed by atoms with van der Waals surface area (Å²) in [6.07, 6.45) is 9.04. The number of benzene rings is 3. The van der Waals surface area contributed by atoms with Gasteiger partial charge in [-0.05, 0) is 60.6 Å². The van der Waals surface area contributed by atoms with Crippen LogP contribution in [0.15, 0.2) is 78.4 Å². The second kappa shape index (κ2) is 25.8. The largest absolute Gasteiger partial charge is 0.496 e. The van der Waals surface area contributed by atoms with Crippen molar-refractivity contribution in [2.24, 2.45) is 5.41 Å². The van der Waals surface area contributed by atoms with E-state index in [1.54, 1.807) is 29.7 Å². The molecule has 404 valence electrons. The Morgan fingerprint density at radius 1 is 0.868 bits per heavy atom. The van der Waals surface area contributed by atoms with Gasteiger partial charge < -0.3 is 35.6 Å². The van der Waals surface area contributed by atoms with Crippen LogP contribution in [0, 0.1) is 18.2 Å². The summed E-state index contributed by atoms with van der Waals surface area (Å²) >= 11 is 1.58. The first-order valence-electron chi connectivity index (χ1n) is 26.6. The summed E-state index contributed by atoms with van der Waals surface area (Å²) in [6.45, 7) is 12.1. The molecule has 5 heterocycles. The van der Waals surface area contributed by atoms with Crippen molar-refractivity contribution < 1.29 is 33.4 Å². The first-order chi connectivity index (χ1) is 36.7. The number of likely N-dealkylation sites (tertiary alicyclic amines) is 1. The number of aliphatic hydroxyl groups excluding tert-OH is 1. The molecule has 8 rings (SSSR count). The van der Waals surface area contributed by atoms with Crippen molar-refractivity contribution in [1.29, 1.82) is 0 Å². The Balaban J connectivity index is 0.668. The summed E-state index contributed by atoms with van der Waals surface area (Å²) in [7, 11) is 1.49. The average molecular weight is 1060 g/mol. The van der Waals surface area contributed by atoms with Gasteiger partial charge >= 0.3 is 0 Å². The standard InChI is InChI=1S/C57H72FN11O6S/c1-37-52(76-36-62-37)40-20-18-38(19-21-40)32-61-55(73)45-31-42(70)34-69(45)56(74)53(57(2,3)4)63-47(71)17-12-10-8-6-7-9-11-13-26-59-48(72)35-67-27-29-68(30-28-67)41-24-22-39(23-25-41)50-51-44(65-66-50)33-60-54(64-51)49-43(58)15-14-16-46(49)75-5/h14-16,18-25,33,36,42,45,53,70H,6-13,17,26-32,34-35H2,1-5H3,(H,59,72)(H,61,73)(H,63,71)(H,65,66)/t42-,45?,53-/m1/s1. The van der Waals surface area contributed by atoms with Crippen LogP contribution in [0.25, 0.3) is 44.1 Å². The van der Waals surface area contributed by atoms with Gasteiger partial charge in [-0.1, -0.05) is 102 Å². The predicted molar refractivity (Wildman–Crippen MR) is 294 cm³/mol. The Bertz CT molecular complexity index is 2920. The number of rotatable bonds is 23. The van der Waals surface area contributed by atoms with E-state index in [2.05, 4.69) is 63.0 Å². The van der Waals surface area contributed by atoms with E-state index in [9.17, 15) is 28.7 Å². The molecule has 76 heavy (non-hydrogen) atoms. The SMILES string of the molecule is COc1cccc(F)c1-c1ncc2[nH]nc(-c3ccc(N4CCN(CC(=O)NCCCCCCCCCCC(=O)N[C@H](C(=O)N5C[C@H](O)CC5C(=O)NCc5ccc(-c6scnc6C)cc5)C(C)(C)C)CC4)cc3)c2n1. The molecule has 0 radical (unpaired) electrons. The van der Waals surface area contributed by atoms with E-state index in [0.29, 0.717) is 48.4 Å². The minimum absolute atomic E-state index is 0.0299. The first kappa shape index (κ1) is 55.4. The van der Waals surface area contributed by atoms with Gasteiger partial charge in [0, 0.05) is 69.9 Å². The molecule has 0 spiro atoms. The molecule has 19 heteroatoms. The molecule has 2 aliphatic rings. The number of hydrogen-bond donors (Lipinski definition) is 5. The van der Waals surface area contributed by atoms with Crippen molar-refractivity contribution >= 4 is 51.7 Å². The Morgan fingerprint density at radius 3 is 2.25 bits per heavy atom. The number of aromatic amines is 1. The zero-order valence-electron chi connectivity index (χ0n) is 44.4.